The molecule has 3 rings (SSSR count). The minimum Gasteiger partial charge on any atom is -0.493 e. The standard InChI is InChI=1S/C18H27NO3/c1-4-8-18-9-7-13(20)10-15(18)22-17-14(21-3)6-5-12(11-19-2)16(17)18/h6-7,9,12-13,15,19-20H,4-5,8,10-11H2,1-3H3/p+1. The Balaban J connectivity index is 2.07. The van der Waals surface area contributed by atoms with Crippen LogP contribution in [-0.4, -0.2) is 38.0 Å². The number of aliphatic hydroxyl groups is 1. The van der Waals surface area contributed by atoms with E-state index in [1.165, 1.54) is 5.57 Å². The summed E-state index contributed by atoms with van der Waals surface area (Å²) in [5.41, 5.74) is 1.34. The fraction of sp³-hybridized carbons (Fsp3) is 0.667. The number of ether oxygens (including phenoxy) is 2. The molecule has 0 aromatic heterocycles. The van der Waals surface area contributed by atoms with Crippen molar-refractivity contribution in [3.05, 3.63) is 35.3 Å². The SMILES string of the molecule is CCCC12C=CC(O)CC1OC1=C2C(C[NH2+]C)CC=C1OC. The molecular weight excluding hydrogens is 278 g/mol. The van der Waals surface area contributed by atoms with Gasteiger partial charge in [-0.3, -0.25) is 0 Å². The van der Waals surface area contributed by atoms with Crippen LogP contribution < -0.4 is 5.32 Å². The largest absolute Gasteiger partial charge is 0.493 e. The van der Waals surface area contributed by atoms with Gasteiger partial charge in [0.1, 0.15) is 6.10 Å². The van der Waals surface area contributed by atoms with Gasteiger partial charge in [0.25, 0.3) is 0 Å². The summed E-state index contributed by atoms with van der Waals surface area (Å²) in [5, 5.41) is 12.3. The van der Waals surface area contributed by atoms with Gasteiger partial charge in [-0.25, -0.2) is 0 Å². The van der Waals surface area contributed by atoms with Crippen molar-refractivity contribution >= 4 is 0 Å². The number of nitrogens with two attached hydrogens (primary N) is 1. The molecule has 4 nitrogen and oxygen atoms in total. The van der Waals surface area contributed by atoms with Gasteiger partial charge in [-0.05, 0) is 24.5 Å². The predicted molar refractivity (Wildman–Crippen MR) is 84.9 cm³/mol. The first-order chi connectivity index (χ1) is 10.7. The van der Waals surface area contributed by atoms with E-state index in [1.54, 1.807) is 7.11 Å². The lowest BCUT2D eigenvalue weighted by atomic mass is 9.64. The highest BCUT2D eigenvalue weighted by Gasteiger charge is 2.54. The van der Waals surface area contributed by atoms with Crippen molar-refractivity contribution in [3.8, 4) is 0 Å². The normalized spacial score (nSPS) is 36.5. The van der Waals surface area contributed by atoms with Crippen LogP contribution in [0.25, 0.3) is 0 Å². The molecule has 4 unspecified atom stereocenters. The number of rotatable bonds is 5. The molecule has 22 heavy (non-hydrogen) atoms. The Hall–Kier alpha value is -1.26. The molecule has 0 saturated heterocycles. The molecule has 122 valence electrons. The molecule has 0 fully saturated rings. The highest BCUT2D eigenvalue weighted by molar-refractivity contribution is 5.45. The minimum atomic E-state index is -0.400. The molecule has 0 bridgehead atoms. The fourth-order valence-electron chi connectivity index (χ4n) is 4.42. The molecular formula is C18H28NO3+. The van der Waals surface area contributed by atoms with E-state index in [9.17, 15) is 5.11 Å². The summed E-state index contributed by atoms with van der Waals surface area (Å²) in [6.45, 7) is 3.28. The maximum atomic E-state index is 10.0. The molecule has 4 atom stereocenters. The lowest BCUT2D eigenvalue weighted by molar-refractivity contribution is -0.631. The zero-order chi connectivity index (χ0) is 15.7. The monoisotopic (exact) mass is 306 g/mol. The van der Waals surface area contributed by atoms with Gasteiger partial charge in [0, 0.05) is 12.3 Å². The van der Waals surface area contributed by atoms with Crippen molar-refractivity contribution in [2.75, 3.05) is 20.7 Å². The Bertz CT molecular complexity index is 522. The van der Waals surface area contributed by atoms with E-state index >= 15 is 0 Å². The summed E-state index contributed by atoms with van der Waals surface area (Å²) in [6.07, 6.45) is 9.82. The van der Waals surface area contributed by atoms with Crippen LogP contribution in [0.1, 0.15) is 32.6 Å². The Labute approximate surface area is 132 Å². The summed E-state index contributed by atoms with van der Waals surface area (Å²) in [4.78, 5) is 0. The van der Waals surface area contributed by atoms with Crippen molar-refractivity contribution in [3.63, 3.8) is 0 Å². The maximum absolute atomic E-state index is 10.0. The topological polar surface area (TPSA) is 55.3 Å². The fourth-order valence-corrected chi connectivity index (χ4v) is 4.42. The van der Waals surface area contributed by atoms with E-state index in [2.05, 4.69) is 31.4 Å². The average molecular weight is 306 g/mol. The van der Waals surface area contributed by atoms with Crippen LogP contribution in [-0.2, 0) is 9.47 Å². The second-order valence-electron chi connectivity index (χ2n) is 6.65. The summed E-state index contributed by atoms with van der Waals surface area (Å²) in [6, 6.07) is 0. The zero-order valence-electron chi connectivity index (χ0n) is 13.8. The van der Waals surface area contributed by atoms with Crippen LogP contribution in [0.3, 0.4) is 0 Å². The molecule has 4 heteroatoms. The lowest BCUT2D eigenvalue weighted by Gasteiger charge is -2.39. The number of methoxy groups -OCH3 is 1. The molecule has 3 N–H and O–H groups in total. The molecule has 0 aromatic carbocycles. The van der Waals surface area contributed by atoms with Crippen LogP contribution >= 0.6 is 0 Å². The van der Waals surface area contributed by atoms with E-state index in [1.807, 2.05) is 6.08 Å². The summed E-state index contributed by atoms with van der Waals surface area (Å²) < 4.78 is 11.9. The first-order valence-corrected chi connectivity index (χ1v) is 8.47. The van der Waals surface area contributed by atoms with Crippen molar-refractivity contribution in [2.45, 2.75) is 44.8 Å². The van der Waals surface area contributed by atoms with Crippen LogP contribution in [0.15, 0.2) is 35.3 Å². The first-order valence-electron chi connectivity index (χ1n) is 8.47. The van der Waals surface area contributed by atoms with Gasteiger partial charge >= 0.3 is 0 Å². The molecule has 1 aliphatic heterocycles. The predicted octanol–water partition coefficient (Wildman–Crippen LogP) is 1.49. The van der Waals surface area contributed by atoms with Crippen LogP contribution in [0, 0.1) is 11.3 Å². The van der Waals surface area contributed by atoms with Crippen molar-refractivity contribution in [1.29, 1.82) is 0 Å². The number of hydrogen-bond donors (Lipinski definition) is 2. The maximum Gasteiger partial charge on any atom is 0.162 e. The average Bonchev–Trinajstić information content (AvgIpc) is 2.83. The van der Waals surface area contributed by atoms with Crippen molar-refractivity contribution in [2.24, 2.45) is 11.3 Å². The highest BCUT2D eigenvalue weighted by Crippen LogP contribution is 2.56. The quantitative estimate of drug-likeness (QED) is 0.757. The molecule has 2 aliphatic carbocycles. The number of allylic oxidation sites excluding steroid dienone is 1. The summed E-state index contributed by atoms with van der Waals surface area (Å²) in [5.74, 6) is 2.29. The molecule has 0 saturated carbocycles. The van der Waals surface area contributed by atoms with Crippen molar-refractivity contribution in [1.82, 2.24) is 0 Å². The van der Waals surface area contributed by atoms with Gasteiger partial charge in [-0.2, -0.15) is 0 Å². The number of aliphatic hydroxyl groups excluding tert-OH is 1. The molecule has 3 aliphatic rings. The molecule has 1 heterocycles. The number of quaternary nitrogens is 1. The van der Waals surface area contributed by atoms with Gasteiger partial charge < -0.3 is 19.9 Å². The summed E-state index contributed by atoms with van der Waals surface area (Å²) in [7, 11) is 3.83. The third-order valence-electron chi connectivity index (χ3n) is 5.28. The Morgan fingerprint density at radius 3 is 3.00 bits per heavy atom. The van der Waals surface area contributed by atoms with Crippen LogP contribution in [0.4, 0.5) is 0 Å². The second-order valence-corrected chi connectivity index (χ2v) is 6.65. The van der Waals surface area contributed by atoms with E-state index < -0.39 is 6.10 Å². The molecule has 0 radical (unpaired) electrons. The first kappa shape index (κ1) is 15.6. The van der Waals surface area contributed by atoms with Gasteiger partial charge in [0.2, 0.25) is 0 Å². The van der Waals surface area contributed by atoms with Crippen LogP contribution in [0.2, 0.25) is 0 Å². The van der Waals surface area contributed by atoms with Gasteiger partial charge in [0.05, 0.1) is 32.2 Å². The number of fused-ring (bicyclic) bond motifs is 2. The van der Waals surface area contributed by atoms with E-state index in [0.29, 0.717) is 12.3 Å². The Morgan fingerprint density at radius 1 is 1.50 bits per heavy atom. The van der Waals surface area contributed by atoms with E-state index in [-0.39, 0.29) is 11.5 Å². The Morgan fingerprint density at radius 2 is 2.32 bits per heavy atom. The smallest absolute Gasteiger partial charge is 0.162 e. The Kier molecular flexibility index (Phi) is 4.33. The van der Waals surface area contributed by atoms with E-state index in [4.69, 9.17) is 9.47 Å². The van der Waals surface area contributed by atoms with E-state index in [0.717, 1.165) is 37.3 Å². The third kappa shape index (κ3) is 2.29. The minimum absolute atomic E-state index is 0.0356. The van der Waals surface area contributed by atoms with Gasteiger partial charge in [-0.1, -0.05) is 25.5 Å². The third-order valence-corrected chi connectivity index (χ3v) is 5.28. The molecule has 0 amide bonds. The van der Waals surface area contributed by atoms with Crippen molar-refractivity contribution < 1.29 is 19.9 Å². The summed E-state index contributed by atoms with van der Waals surface area (Å²) >= 11 is 0. The second kappa shape index (κ2) is 6.09. The number of hydrogen-bond acceptors (Lipinski definition) is 3. The zero-order valence-corrected chi connectivity index (χ0v) is 13.8. The van der Waals surface area contributed by atoms with Gasteiger partial charge in [0.15, 0.2) is 11.5 Å². The molecule has 0 aromatic rings. The highest BCUT2D eigenvalue weighted by atomic mass is 16.5. The van der Waals surface area contributed by atoms with Crippen LogP contribution in [0.5, 0.6) is 0 Å². The lowest BCUT2D eigenvalue weighted by Crippen LogP contribution is -2.81. The van der Waals surface area contributed by atoms with Gasteiger partial charge in [-0.15, -0.1) is 0 Å². The molecule has 0 spiro atoms.